The van der Waals surface area contributed by atoms with Crippen molar-refractivity contribution in [2.75, 3.05) is 5.32 Å². The van der Waals surface area contributed by atoms with Crippen molar-refractivity contribution in [2.45, 2.75) is 6.92 Å². The Morgan fingerprint density at radius 2 is 1.88 bits per heavy atom. The molecule has 2 aromatic rings. The van der Waals surface area contributed by atoms with Crippen molar-refractivity contribution in [1.29, 1.82) is 0 Å². The Labute approximate surface area is 93.4 Å². The summed E-state index contributed by atoms with van der Waals surface area (Å²) in [6.45, 7) is 2.00. The molecule has 4 nitrogen and oxygen atoms in total. The van der Waals surface area contributed by atoms with Gasteiger partial charge in [0.05, 0.1) is 5.56 Å². The molecule has 0 aliphatic rings. The van der Waals surface area contributed by atoms with Crippen molar-refractivity contribution < 1.29 is 4.79 Å². The lowest BCUT2D eigenvalue weighted by Gasteiger charge is -2.06. The number of benzene rings is 1. The zero-order valence-corrected chi connectivity index (χ0v) is 8.84. The molecule has 2 rings (SSSR count). The molecule has 0 bridgehead atoms. The first-order valence-corrected chi connectivity index (χ1v) is 4.89. The molecule has 0 fully saturated rings. The number of nitrogens with zero attached hydrogens (tertiary/aromatic N) is 2. The van der Waals surface area contributed by atoms with E-state index in [1.807, 2.05) is 31.2 Å². The highest BCUT2D eigenvalue weighted by molar-refractivity contribution is 5.73. The maximum atomic E-state index is 10.4. The summed E-state index contributed by atoms with van der Waals surface area (Å²) in [5, 5.41) is 3.09. The molecule has 0 saturated carbocycles. The van der Waals surface area contributed by atoms with Crippen LogP contribution in [0.2, 0.25) is 0 Å². The minimum Gasteiger partial charge on any atom is -0.324 e. The lowest BCUT2D eigenvalue weighted by molar-refractivity contribution is 0.112. The van der Waals surface area contributed by atoms with E-state index in [1.54, 1.807) is 0 Å². The van der Waals surface area contributed by atoms with Crippen LogP contribution in [0.1, 0.15) is 15.9 Å². The third kappa shape index (κ3) is 2.23. The van der Waals surface area contributed by atoms with Crippen LogP contribution in [0.5, 0.6) is 0 Å². The molecule has 16 heavy (non-hydrogen) atoms. The molecule has 0 atom stereocenters. The van der Waals surface area contributed by atoms with Gasteiger partial charge < -0.3 is 5.32 Å². The Hall–Kier alpha value is -2.23. The summed E-state index contributed by atoms with van der Waals surface area (Å²) in [7, 11) is 0. The van der Waals surface area contributed by atoms with Crippen LogP contribution in [0.4, 0.5) is 11.6 Å². The zero-order chi connectivity index (χ0) is 11.4. The fourth-order valence-corrected chi connectivity index (χ4v) is 1.30. The van der Waals surface area contributed by atoms with Crippen LogP contribution in [0.3, 0.4) is 0 Å². The maximum absolute atomic E-state index is 10.4. The standard InChI is InChI=1S/C12H11N3O/c1-9-4-2-3-5-11(9)15-12-13-6-10(8-16)7-14-12/h2-8H,1H3,(H,13,14,15). The Kier molecular flexibility index (Phi) is 2.91. The van der Waals surface area contributed by atoms with E-state index >= 15 is 0 Å². The lowest BCUT2D eigenvalue weighted by Crippen LogP contribution is -1.98. The third-order valence-corrected chi connectivity index (χ3v) is 2.20. The molecule has 1 aromatic carbocycles. The van der Waals surface area contributed by atoms with Gasteiger partial charge in [0.15, 0.2) is 6.29 Å². The number of aldehydes is 1. The summed E-state index contributed by atoms with van der Waals surface area (Å²) in [4.78, 5) is 18.5. The number of anilines is 2. The second-order valence-electron chi connectivity index (χ2n) is 3.40. The minimum atomic E-state index is 0.468. The Morgan fingerprint density at radius 3 is 2.50 bits per heavy atom. The summed E-state index contributed by atoms with van der Waals surface area (Å²) in [6.07, 6.45) is 3.69. The molecule has 1 N–H and O–H groups in total. The first-order chi connectivity index (χ1) is 7.79. The van der Waals surface area contributed by atoms with Crippen LogP contribution in [0, 0.1) is 6.92 Å². The number of aryl methyl sites for hydroxylation is 1. The van der Waals surface area contributed by atoms with Crippen LogP contribution in [0.25, 0.3) is 0 Å². The summed E-state index contributed by atoms with van der Waals surface area (Å²) >= 11 is 0. The molecule has 0 saturated heterocycles. The molecule has 1 heterocycles. The number of nitrogens with one attached hydrogen (secondary N) is 1. The second-order valence-corrected chi connectivity index (χ2v) is 3.40. The molecule has 0 unspecified atom stereocenters. The smallest absolute Gasteiger partial charge is 0.227 e. The van der Waals surface area contributed by atoms with Gasteiger partial charge in [-0.05, 0) is 18.6 Å². The first kappa shape index (κ1) is 10.3. The summed E-state index contributed by atoms with van der Waals surface area (Å²) in [6, 6.07) is 7.86. The van der Waals surface area contributed by atoms with E-state index in [2.05, 4.69) is 15.3 Å². The highest BCUT2D eigenvalue weighted by Gasteiger charge is 1.99. The monoisotopic (exact) mass is 213 g/mol. The van der Waals surface area contributed by atoms with Crippen LogP contribution in [-0.4, -0.2) is 16.3 Å². The van der Waals surface area contributed by atoms with Gasteiger partial charge in [-0.25, -0.2) is 9.97 Å². The molecule has 0 radical (unpaired) electrons. The zero-order valence-electron chi connectivity index (χ0n) is 8.84. The highest BCUT2D eigenvalue weighted by atomic mass is 16.1. The minimum absolute atomic E-state index is 0.468. The van der Waals surface area contributed by atoms with Crippen LogP contribution < -0.4 is 5.32 Å². The Balaban J connectivity index is 2.21. The van der Waals surface area contributed by atoms with Gasteiger partial charge in [-0.15, -0.1) is 0 Å². The number of hydrogen-bond donors (Lipinski definition) is 1. The summed E-state index contributed by atoms with van der Waals surface area (Å²) in [5.74, 6) is 0.486. The van der Waals surface area contributed by atoms with E-state index in [0.29, 0.717) is 11.5 Å². The van der Waals surface area contributed by atoms with E-state index in [1.165, 1.54) is 12.4 Å². The van der Waals surface area contributed by atoms with Gasteiger partial charge in [-0.3, -0.25) is 4.79 Å². The first-order valence-electron chi connectivity index (χ1n) is 4.89. The van der Waals surface area contributed by atoms with Gasteiger partial charge in [0.1, 0.15) is 0 Å². The number of hydrogen-bond acceptors (Lipinski definition) is 4. The van der Waals surface area contributed by atoms with Crippen molar-refractivity contribution in [2.24, 2.45) is 0 Å². The molecular weight excluding hydrogens is 202 g/mol. The van der Waals surface area contributed by atoms with Crippen LogP contribution in [-0.2, 0) is 0 Å². The van der Waals surface area contributed by atoms with Gasteiger partial charge in [-0.2, -0.15) is 0 Å². The van der Waals surface area contributed by atoms with Gasteiger partial charge in [-0.1, -0.05) is 18.2 Å². The Morgan fingerprint density at radius 1 is 1.19 bits per heavy atom. The van der Waals surface area contributed by atoms with Crippen molar-refractivity contribution in [3.05, 3.63) is 47.8 Å². The normalized spacial score (nSPS) is 9.81. The van der Waals surface area contributed by atoms with Crippen LogP contribution >= 0.6 is 0 Å². The SMILES string of the molecule is Cc1ccccc1Nc1ncc(C=O)cn1. The van der Waals surface area contributed by atoms with E-state index < -0.39 is 0 Å². The van der Waals surface area contributed by atoms with Gasteiger partial charge in [0.2, 0.25) is 5.95 Å². The maximum Gasteiger partial charge on any atom is 0.227 e. The average molecular weight is 213 g/mol. The number of para-hydroxylation sites is 1. The van der Waals surface area contributed by atoms with E-state index in [9.17, 15) is 4.79 Å². The van der Waals surface area contributed by atoms with Crippen molar-refractivity contribution in [1.82, 2.24) is 9.97 Å². The predicted octanol–water partition coefficient (Wildman–Crippen LogP) is 2.34. The number of aromatic nitrogens is 2. The van der Waals surface area contributed by atoms with E-state index in [4.69, 9.17) is 0 Å². The molecule has 0 aliphatic carbocycles. The molecule has 0 spiro atoms. The molecule has 1 aromatic heterocycles. The average Bonchev–Trinajstić information content (AvgIpc) is 2.33. The van der Waals surface area contributed by atoms with E-state index in [0.717, 1.165) is 17.5 Å². The molecule has 0 amide bonds. The highest BCUT2D eigenvalue weighted by Crippen LogP contribution is 2.16. The fraction of sp³-hybridized carbons (Fsp3) is 0.0833. The van der Waals surface area contributed by atoms with Crippen LogP contribution in [0.15, 0.2) is 36.7 Å². The molecule has 0 aliphatic heterocycles. The molecule has 80 valence electrons. The van der Waals surface area contributed by atoms with Crippen molar-refractivity contribution >= 4 is 17.9 Å². The van der Waals surface area contributed by atoms with Gasteiger partial charge in [0, 0.05) is 18.1 Å². The van der Waals surface area contributed by atoms with Crippen molar-refractivity contribution in [3.8, 4) is 0 Å². The third-order valence-electron chi connectivity index (χ3n) is 2.20. The summed E-state index contributed by atoms with van der Waals surface area (Å²) < 4.78 is 0. The second kappa shape index (κ2) is 4.53. The quantitative estimate of drug-likeness (QED) is 0.795. The topological polar surface area (TPSA) is 54.9 Å². The molecular formula is C12H11N3O. The van der Waals surface area contributed by atoms with E-state index in [-0.39, 0.29) is 0 Å². The Bertz CT molecular complexity index is 494. The largest absolute Gasteiger partial charge is 0.324 e. The summed E-state index contributed by atoms with van der Waals surface area (Å²) in [5.41, 5.74) is 2.54. The number of carbonyl (C=O) groups is 1. The lowest BCUT2D eigenvalue weighted by atomic mass is 10.2. The number of rotatable bonds is 3. The molecule has 4 heteroatoms. The van der Waals surface area contributed by atoms with Crippen molar-refractivity contribution in [3.63, 3.8) is 0 Å². The van der Waals surface area contributed by atoms with Gasteiger partial charge >= 0.3 is 0 Å². The van der Waals surface area contributed by atoms with Gasteiger partial charge in [0.25, 0.3) is 0 Å². The fourth-order valence-electron chi connectivity index (χ4n) is 1.30. The predicted molar refractivity (Wildman–Crippen MR) is 61.9 cm³/mol. The number of carbonyl (C=O) groups excluding carboxylic acids is 1.